The predicted octanol–water partition coefficient (Wildman–Crippen LogP) is 5.26. The minimum Gasteiger partial charge on any atom is -0.493 e. The van der Waals surface area contributed by atoms with Crippen LogP contribution in [0.4, 0.5) is 11.4 Å². The van der Waals surface area contributed by atoms with E-state index < -0.39 is 5.56 Å². The molecule has 0 atom stereocenters. The molecule has 0 bridgehead atoms. The van der Waals surface area contributed by atoms with Crippen LogP contribution in [0.2, 0.25) is 10.0 Å². The van der Waals surface area contributed by atoms with Crippen LogP contribution in [0.5, 0.6) is 5.88 Å². The van der Waals surface area contributed by atoms with Crippen molar-refractivity contribution in [1.29, 1.82) is 5.26 Å². The van der Waals surface area contributed by atoms with Gasteiger partial charge in [0.1, 0.15) is 17.3 Å². The van der Waals surface area contributed by atoms with Crippen molar-refractivity contribution in [2.24, 2.45) is 10.2 Å². The van der Waals surface area contributed by atoms with Crippen LogP contribution in [0.15, 0.2) is 33.2 Å². The van der Waals surface area contributed by atoms with Crippen molar-refractivity contribution in [1.82, 2.24) is 4.57 Å². The minimum absolute atomic E-state index is 0.00327. The number of hydrogen-bond donors (Lipinski definition) is 1. The fraction of sp³-hybridized carbons (Fsp3) is 0.294. The number of rotatable bonds is 5. The molecule has 1 aromatic carbocycles. The van der Waals surface area contributed by atoms with Gasteiger partial charge in [0.25, 0.3) is 5.56 Å². The number of nitrogens with zero attached hydrogens (tertiary/aromatic N) is 4. The Morgan fingerprint density at radius 2 is 2.04 bits per heavy atom. The number of unbranched alkanes of at least 4 members (excludes halogenated alkanes) is 1. The SMILES string of the molecule is CCCCn1c(O)c(C#N)c(C)c(N=Nc2ccc(Cl)cc2Cl)c1=O. The lowest BCUT2D eigenvalue weighted by Crippen LogP contribution is -2.22. The van der Waals surface area contributed by atoms with Gasteiger partial charge in [-0.25, -0.2) is 0 Å². The molecule has 0 aliphatic rings. The second kappa shape index (κ2) is 8.15. The Morgan fingerprint density at radius 3 is 2.64 bits per heavy atom. The first-order chi connectivity index (χ1) is 11.9. The largest absolute Gasteiger partial charge is 0.493 e. The molecule has 0 saturated carbocycles. The summed E-state index contributed by atoms with van der Waals surface area (Å²) in [5, 5.41) is 28.2. The molecule has 6 nitrogen and oxygen atoms in total. The first kappa shape index (κ1) is 19.0. The van der Waals surface area contributed by atoms with E-state index in [0.29, 0.717) is 28.7 Å². The number of halogens is 2. The van der Waals surface area contributed by atoms with E-state index in [9.17, 15) is 15.2 Å². The summed E-state index contributed by atoms with van der Waals surface area (Å²) in [4.78, 5) is 12.6. The van der Waals surface area contributed by atoms with Crippen LogP contribution in [0.25, 0.3) is 0 Å². The van der Waals surface area contributed by atoms with E-state index in [1.807, 2.05) is 13.0 Å². The van der Waals surface area contributed by atoms with Gasteiger partial charge >= 0.3 is 0 Å². The highest BCUT2D eigenvalue weighted by Gasteiger charge is 2.18. The average molecular weight is 379 g/mol. The molecular formula is C17H16Cl2N4O2. The second-order valence-electron chi connectivity index (χ2n) is 5.39. The van der Waals surface area contributed by atoms with Crippen molar-refractivity contribution < 1.29 is 5.11 Å². The molecule has 0 saturated heterocycles. The maximum absolute atomic E-state index is 12.6. The number of benzene rings is 1. The van der Waals surface area contributed by atoms with E-state index in [4.69, 9.17) is 23.2 Å². The first-order valence-electron chi connectivity index (χ1n) is 7.64. The van der Waals surface area contributed by atoms with Gasteiger partial charge in [-0.15, -0.1) is 10.2 Å². The smallest absolute Gasteiger partial charge is 0.281 e. The maximum Gasteiger partial charge on any atom is 0.281 e. The van der Waals surface area contributed by atoms with Crippen LogP contribution in [-0.2, 0) is 6.54 Å². The molecule has 0 aliphatic carbocycles. The van der Waals surface area contributed by atoms with E-state index >= 15 is 0 Å². The molecule has 0 radical (unpaired) electrons. The van der Waals surface area contributed by atoms with Gasteiger partial charge in [-0.2, -0.15) is 5.26 Å². The number of nitriles is 1. The van der Waals surface area contributed by atoms with Crippen LogP contribution in [-0.4, -0.2) is 9.67 Å². The zero-order valence-corrected chi connectivity index (χ0v) is 15.3. The molecule has 1 heterocycles. The molecule has 0 spiro atoms. The van der Waals surface area contributed by atoms with E-state index in [0.717, 1.165) is 11.0 Å². The van der Waals surface area contributed by atoms with Gasteiger partial charge in [0, 0.05) is 17.1 Å². The molecule has 1 aromatic heterocycles. The Kier molecular flexibility index (Phi) is 6.18. The molecule has 0 unspecified atom stereocenters. The number of aromatic nitrogens is 1. The summed E-state index contributed by atoms with van der Waals surface area (Å²) in [6, 6.07) is 6.60. The summed E-state index contributed by atoms with van der Waals surface area (Å²) >= 11 is 11.9. The van der Waals surface area contributed by atoms with Gasteiger partial charge < -0.3 is 5.11 Å². The van der Waals surface area contributed by atoms with Crippen LogP contribution in [0.1, 0.15) is 30.9 Å². The van der Waals surface area contributed by atoms with Crippen LogP contribution >= 0.6 is 23.2 Å². The van der Waals surface area contributed by atoms with E-state index in [2.05, 4.69) is 10.2 Å². The van der Waals surface area contributed by atoms with E-state index in [1.54, 1.807) is 19.1 Å². The van der Waals surface area contributed by atoms with Crippen molar-refractivity contribution in [3.05, 3.63) is 49.7 Å². The Morgan fingerprint density at radius 1 is 1.32 bits per heavy atom. The maximum atomic E-state index is 12.6. The number of pyridine rings is 1. The highest BCUT2D eigenvalue weighted by molar-refractivity contribution is 6.36. The molecule has 0 fully saturated rings. The topological polar surface area (TPSA) is 90.7 Å². The van der Waals surface area contributed by atoms with Gasteiger partial charge in [-0.1, -0.05) is 36.5 Å². The zero-order chi connectivity index (χ0) is 18.6. The van der Waals surface area contributed by atoms with Gasteiger partial charge in [0.05, 0.1) is 5.02 Å². The average Bonchev–Trinajstić information content (AvgIpc) is 2.56. The van der Waals surface area contributed by atoms with Crippen LogP contribution in [0.3, 0.4) is 0 Å². The van der Waals surface area contributed by atoms with Gasteiger partial charge in [0.2, 0.25) is 5.88 Å². The normalized spacial score (nSPS) is 11.0. The number of aromatic hydroxyl groups is 1. The van der Waals surface area contributed by atoms with Gasteiger partial charge in [-0.3, -0.25) is 9.36 Å². The predicted molar refractivity (Wildman–Crippen MR) is 97.4 cm³/mol. The number of hydrogen-bond acceptors (Lipinski definition) is 5. The molecule has 130 valence electrons. The summed E-state index contributed by atoms with van der Waals surface area (Å²) in [6.07, 6.45) is 1.51. The quantitative estimate of drug-likeness (QED) is 0.719. The molecule has 8 heteroatoms. The molecule has 1 N–H and O–H groups in total. The standard InChI is InChI=1S/C17H16Cl2N4O2/c1-3-4-7-23-16(24)12(9-20)10(2)15(17(23)25)22-21-14-6-5-11(18)8-13(14)19/h5-6,8,24H,3-4,7H2,1-2H3. The van der Waals surface area contributed by atoms with Gasteiger partial charge in [-0.05, 0) is 31.5 Å². The van der Waals surface area contributed by atoms with Crippen molar-refractivity contribution in [3.63, 3.8) is 0 Å². The lowest BCUT2D eigenvalue weighted by atomic mass is 10.1. The van der Waals surface area contributed by atoms with Crippen molar-refractivity contribution >= 4 is 34.6 Å². The monoisotopic (exact) mass is 378 g/mol. The Hall–Kier alpha value is -2.36. The first-order valence-corrected chi connectivity index (χ1v) is 8.39. The summed E-state index contributed by atoms with van der Waals surface area (Å²) < 4.78 is 1.15. The summed E-state index contributed by atoms with van der Waals surface area (Å²) in [5.74, 6) is -0.345. The minimum atomic E-state index is -0.503. The fourth-order valence-electron chi connectivity index (χ4n) is 2.25. The molecular weight excluding hydrogens is 363 g/mol. The van der Waals surface area contributed by atoms with Crippen molar-refractivity contribution in [2.75, 3.05) is 0 Å². The Balaban J connectivity index is 2.58. The summed E-state index contributed by atoms with van der Waals surface area (Å²) in [7, 11) is 0. The highest BCUT2D eigenvalue weighted by Crippen LogP contribution is 2.31. The third-order valence-corrected chi connectivity index (χ3v) is 4.21. The second-order valence-corrected chi connectivity index (χ2v) is 6.23. The molecule has 0 aliphatic heterocycles. The van der Waals surface area contributed by atoms with E-state index in [1.165, 1.54) is 6.07 Å². The zero-order valence-electron chi connectivity index (χ0n) is 13.8. The van der Waals surface area contributed by atoms with E-state index in [-0.39, 0.29) is 22.7 Å². The highest BCUT2D eigenvalue weighted by atomic mass is 35.5. The van der Waals surface area contributed by atoms with Crippen molar-refractivity contribution in [2.45, 2.75) is 33.2 Å². The molecule has 25 heavy (non-hydrogen) atoms. The molecule has 2 aromatic rings. The lowest BCUT2D eigenvalue weighted by Gasteiger charge is -2.12. The summed E-state index contributed by atoms with van der Waals surface area (Å²) in [6.45, 7) is 3.80. The Labute approximate surface area is 155 Å². The Bertz CT molecular complexity index is 930. The molecule has 2 rings (SSSR count). The van der Waals surface area contributed by atoms with Gasteiger partial charge in [0.15, 0.2) is 5.69 Å². The third kappa shape index (κ3) is 4.01. The summed E-state index contributed by atoms with van der Waals surface area (Å²) in [5.41, 5.74) is 0.114. The van der Waals surface area contributed by atoms with Crippen LogP contribution in [0, 0.1) is 18.3 Å². The van der Waals surface area contributed by atoms with Crippen molar-refractivity contribution in [3.8, 4) is 11.9 Å². The lowest BCUT2D eigenvalue weighted by molar-refractivity contribution is 0.399. The van der Waals surface area contributed by atoms with Crippen LogP contribution < -0.4 is 5.56 Å². The number of azo groups is 1. The molecule has 0 amide bonds. The fourth-order valence-corrected chi connectivity index (χ4v) is 2.69. The third-order valence-electron chi connectivity index (χ3n) is 3.67.